The molecule has 1 aromatic rings. The molecule has 0 bridgehead atoms. The molecule has 0 aromatic heterocycles. The van der Waals surface area contributed by atoms with Crippen LogP contribution >= 0.6 is 0 Å². The lowest BCUT2D eigenvalue weighted by Gasteiger charge is -2.38. The predicted molar refractivity (Wildman–Crippen MR) is 98.3 cm³/mol. The van der Waals surface area contributed by atoms with E-state index in [2.05, 4.69) is 4.72 Å². The van der Waals surface area contributed by atoms with Crippen molar-refractivity contribution < 1.29 is 22.7 Å². The molecule has 7 nitrogen and oxygen atoms in total. The summed E-state index contributed by atoms with van der Waals surface area (Å²) < 4.78 is 40.4. The average Bonchev–Trinajstić information content (AvgIpc) is 3.10. The first kappa shape index (κ1) is 17.6. The molecule has 146 valence electrons. The number of rotatable bonds is 3. The highest BCUT2D eigenvalue weighted by Gasteiger charge is 2.37. The summed E-state index contributed by atoms with van der Waals surface area (Å²) in [6, 6.07) is 3.35. The number of benzene rings is 1. The van der Waals surface area contributed by atoms with E-state index in [0.717, 1.165) is 36.1 Å². The maximum atomic E-state index is 13.0. The van der Waals surface area contributed by atoms with Gasteiger partial charge in [0.15, 0.2) is 0 Å². The molecule has 3 aliphatic heterocycles. The maximum Gasteiger partial charge on any atom is 0.240 e. The number of ether oxygens (including phenoxy) is 2. The van der Waals surface area contributed by atoms with Crippen LogP contribution in [0.25, 0.3) is 0 Å². The van der Waals surface area contributed by atoms with Crippen LogP contribution in [0.5, 0.6) is 0 Å². The molecule has 0 radical (unpaired) electrons. The number of sulfonamides is 1. The number of aryl methyl sites for hydroxylation is 1. The van der Waals surface area contributed by atoms with Gasteiger partial charge in [0.05, 0.1) is 36.0 Å². The van der Waals surface area contributed by atoms with Crippen LogP contribution in [0.3, 0.4) is 0 Å². The Hall–Kier alpha value is -1.48. The average molecular weight is 392 g/mol. The molecule has 3 unspecified atom stereocenters. The summed E-state index contributed by atoms with van der Waals surface area (Å²) in [4.78, 5) is 14.2. The van der Waals surface area contributed by atoms with E-state index < -0.39 is 10.0 Å². The first-order valence-corrected chi connectivity index (χ1v) is 11.2. The Morgan fingerprint density at radius 1 is 1.00 bits per heavy atom. The Kier molecular flexibility index (Phi) is 4.27. The van der Waals surface area contributed by atoms with E-state index in [1.54, 1.807) is 17.0 Å². The minimum atomic E-state index is -3.61. The fraction of sp³-hybridized carbons (Fsp3) is 0.632. The molecule has 1 saturated heterocycles. The molecule has 5 rings (SSSR count). The molecule has 4 aliphatic rings. The quantitative estimate of drug-likeness (QED) is 0.834. The Bertz CT molecular complexity index is 884. The Morgan fingerprint density at radius 3 is 2.56 bits per heavy atom. The Balaban J connectivity index is 1.37. The van der Waals surface area contributed by atoms with Crippen molar-refractivity contribution in [3.05, 3.63) is 23.3 Å². The lowest BCUT2D eigenvalue weighted by molar-refractivity contribution is -0.156. The topological polar surface area (TPSA) is 84.9 Å². The van der Waals surface area contributed by atoms with Gasteiger partial charge in [-0.05, 0) is 55.4 Å². The lowest BCUT2D eigenvalue weighted by atomic mass is 9.90. The van der Waals surface area contributed by atoms with Crippen molar-refractivity contribution in [3.8, 4) is 0 Å². The molecule has 1 aliphatic carbocycles. The number of anilines is 1. The number of nitrogens with zero attached hydrogens (tertiary/aromatic N) is 1. The summed E-state index contributed by atoms with van der Waals surface area (Å²) in [5, 5.41) is 0. The molecular formula is C19H24N2O5S. The van der Waals surface area contributed by atoms with Gasteiger partial charge in [-0.2, -0.15) is 0 Å². The standard InChI is InChI=1S/C19H24N2O5S/c22-18-4-1-12-9-15(10-13-5-6-21(18)19(12)13)27(23,24)20-14-2-3-16-17(11-14)26-8-7-25-16/h9-10,14,16-17,20H,1-8,11H2. The first-order chi connectivity index (χ1) is 13.0. The molecule has 1 saturated carbocycles. The third-order valence-electron chi connectivity index (χ3n) is 6.14. The van der Waals surface area contributed by atoms with Crippen LogP contribution in [0, 0.1) is 0 Å². The summed E-state index contributed by atoms with van der Waals surface area (Å²) >= 11 is 0. The molecular weight excluding hydrogens is 368 g/mol. The van der Waals surface area contributed by atoms with Crippen molar-refractivity contribution in [3.63, 3.8) is 0 Å². The van der Waals surface area contributed by atoms with Crippen molar-refractivity contribution in [2.45, 2.75) is 61.7 Å². The summed E-state index contributed by atoms with van der Waals surface area (Å²) in [6.07, 6.45) is 4.05. The van der Waals surface area contributed by atoms with Gasteiger partial charge in [0, 0.05) is 19.0 Å². The van der Waals surface area contributed by atoms with Gasteiger partial charge in [-0.25, -0.2) is 13.1 Å². The highest BCUT2D eigenvalue weighted by Crippen LogP contribution is 2.38. The largest absolute Gasteiger partial charge is 0.373 e. The van der Waals surface area contributed by atoms with E-state index >= 15 is 0 Å². The van der Waals surface area contributed by atoms with Gasteiger partial charge < -0.3 is 14.4 Å². The second-order valence-electron chi connectivity index (χ2n) is 7.84. The van der Waals surface area contributed by atoms with Gasteiger partial charge in [0.1, 0.15) is 0 Å². The number of hydrogen-bond donors (Lipinski definition) is 1. The Morgan fingerprint density at radius 2 is 1.74 bits per heavy atom. The fourth-order valence-corrected chi connectivity index (χ4v) is 6.23. The predicted octanol–water partition coefficient (Wildman–Crippen LogP) is 1.14. The molecule has 8 heteroatoms. The van der Waals surface area contributed by atoms with Gasteiger partial charge in [0.25, 0.3) is 0 Å². The summed E-state index contributed by atoms with van der Waals surface area (Å²) in [5.74, 6) is 0.140. The van der Waals surface area contributed by atoms with E-state index in [9.17, 15) is 13.2 Å². The number of hydrogen-bond acceptors (Lipinski definition) is 5. The molecule has 2 fully saturated rings. The third-order valence-corrected chi connectivity index (χ3v) is 7.64. The monoisotopic (exact) mass is 392 g/mol. The van der Waals surface area contributed by atoms with E-state index in [1.807, 2.05) is 0 Å². The van der Waals surface area contributed by atoms with Crippen molar-refractivity contribution in [1.82, 2.24) is 4.72 Å². The maximum absolute atomic E-state index is 13.0. The molecule has 3 atom stereocenters. The molecule has 3 heterocycles. The smallest absolute Gasteiger partial charge is 0.240 e. The van der Waals surface area contributed by atoms with Crippen LogP contribution in [0.2, 0.25) is 0 Å². The molecule has 0 spiro atoms. The first-order valence-electron chi connectivity index (χ1n) is 9.73. The van der Waals surface area contributed by atoms with E-state index in [0.29, 0.717) is 43.9 Å². The second-order valence-corrected chi connectivity index (χ2v) is 9.55. The highest BCUT2D eigenvalue weighted by molar-refractivity contribution is 7.89. The summed E-state index contributed by atoms with van der Waals surface area (Å²) in [7, 11) is -3.61. The fourth-order valence-electron chi connectivity index (χ4n) is 4.84. The minimum Gasteiger partial charge on any atom is -0.373 e. The van der Waals surface area contributed by atoms with Gasteiger partial charge in [0.2, 0.25) is 15.9 Å². The normalized spacial score (nSPS) is 30.1. The van der Waals surface area contributed by atoms with Crippen molar-refractivity contribution in [2.75, 3.05) is 24.7 Å². The van der Waals surface area contributed by atoms with Crippen LogP contribution in [-0.2, 0) is 37.1 Å². The summed E-state index contributed by atoms with van der Waals surface area (Å²) in [6.45, 7) is 1.85. The van der Waals surface area contributed by atoms with E-state index in [-0.39, 0.29) is 24.2 Å². The van der Waals surface area contributed by atoms with Crippen LogP contribution in [0.4, 0.5) is 5.69 Å². The minimum absolute atomic E-state index is 0.0269. The highest BCUT2D eigenvalue weighted by atomic mass is 32.2. The number of fused-ring (bicyclic) bond motifs is 1. The zero-order valence-electron chi connectivity index (χ0n) is 15.1. The number of carbonyl (C=O) groups is 1. The number of carbonyl (C=O) groups excluding carboxylic acids is 1. The van der Waals surface area contributed by atoms with Crippen LogP contribution in [-0.4, -0.2) is 52.3 Å². The lowest BCUT2D eigenvalue weighted by Crippen LogP contribution is -2.49. The van der Waals surface area contributed by atoms with Gasteiger partial charge in [-0.1, -0.05) is 0 Å². The SMILES string of the molecule is O=C1CCc2cc(S(=O)(=O)NC3CCC4OCCOC4C3)cc3c2N1CC3. The van der Waals surface area contributed by atoms with Crippen LogP contribution < -0.4 is 9.62 Å². The van der Waals surface area contributed by atoms with Gasteiger partial charge in [-0.15, -0.1) is 0 Å². The zero-order chi connectivity index (χ0) is 18.6. The van der Waals surface area contributed by atoms with E-state index in [1.165, 1.54) is 0 Å². The van der Waals surface area contributed by atoms with Crippen LogP contribution in [0.15, 0.2) is 17.0 Å². The van der Waals surface area contributed by atoms with Gasteiger partial charge >= 0.3 is 0 Å². The number of nitrogens with one attached hydrogen (secondary N) is 1. The van der Waals surface area contributed by atoms with Crippen LogP contribution in [0.1, 0.15) is 36.8 Å². The number of amides is 1. The summed E-state index contributed by atoms with van der Waals surface area (Å²) in [5.41, 5.74) is 2.88. The molecule has 1 amide bonds. The third kappa shape index (κ3) is 3.08. The van der Waals surface area contributed by atoms with Crippen molar-refractivity contribution in [1.29, 1.82) is 0 Å². The van der Waals surface area contributed by atoms with Gasteiger partial charge in [-0.3, -0.25) is 4.79 Å². The molecule has 1 N–H and O–H groups in total. The van der Waals surface area contributed by atoms with E-state index in [4.69, 9.17) is 9.47 Å². The Labute approximate surface area is 159 Å². The second kappa shape index (κ2) is 6.55. The van der Waals surface area contributed by atoms with Crippen molar-refractivity contribution in [2.24, 2.45) is 0 Å². The zero-order valence-corrected chi connectivity index (χ0v) is 16.0. The molecule has 27 heavy (non-hydrogen) atoms. The molecule has 1 aromatic carbocycles. The van der Waals surface area contributed by atoms with Crippen molar-refractivity contribution >= 4 is 21.6 Å².